The van der Waals surface area contributed by atoms with Gasteiger partial charge in [0, 0.05) is 5.56 Å². The molecule has 0 spiro atoms. The summed E-state index contributed by atoms with van der Waals surface area (Å²) in [5, 5.41) is 8.97. The number of nitrogens with two attached hydrogens (primary N) is 1. The number of hydrogen-bond acceptors (Lipinski definition) is 2. The summed E-state index contributed by atoms with van der Waals surface area (Å²) in [6.07, 6.45) is -1.23. The van der Waals surface area contributed by atoms with Gasteiger partial charge in [0.05, 0.1) is 0 Å². The number of aliphatic hydroxyl groups excluding tert-OH is 1. The standard InChI is InChI=1S/C10H14FNO/c1-6(2)7-3-4-8(10(12)13)9(11)5-7/h3-6,10,13H,12H2,1-2H3. The highest BCUT2D eigenvalue weighted by Crippen LogP contribution is 2.20. The fraction of sp³-hybridized carbons (Fsp3) is 0.400. The molecule has 0 radical (unpaired) electrons. The molecule has 13 heavy (non-hydrogen) atoms. The van der Waals surface area contributed by atoms with Gasteiger partial charge in [-0.25, -0.2) is 4.39 Å². The number of halogens is 1. The Bertz CT molecular complexity index is 297. The number of hydrogen-bond donors (Lipinski definition) is 2. The molecule has 0 amide bonds. The Balaban J connectivity index is 3.06. The molecule has 0 saturated carbocycles. The predicted molar refractivity (Wildman–Crippen MR) is 49.6 cm³/mol. The van der Waals surface area contributed by atoms with E-state index in [0.717, 1.165) is 5.56 Å². The van der Waals surface area contributed by atoms with Crippen molar-refractivity contribution in [3.63, 3.8) is 0 Å². The summed E-state index contributed by atoms with van der Waals surface area (Å²) in [4.78, 5) is 0. The summed E-state index contributed by atoms with van der Waals surface area (Å²) in [7, 11) is 0. The highest BCUT2D eigenvalue weighted by molar-refractivity contribution is 5.27. The third kappa shape index (κ3) is 2.26. The fourth-order valence-electron chi connectivity index (χ4n) is 1.14. The van der Waals surface area contributed by atoms with Crippen LogP contribution in [0.25, 0.3) is 0 Å². The molecule has 0 aliphatic heterocycles. The van der Waals surface area contributed by atoms with Gasteiger partial charge in [0.25, 0.3) is 0 Å². The normalized spacial score (nSPS) is 13.4. The van der Waals surface area contributed by atoms with E-state index in [1.807, 2.05) is 13.8 Å². The minimum Gasteiger partial charge on any atom is -0.374 e. The summed E-state index contributed by atoms with van der Waals surface area (Å²) >= 11 is 0. The lowest BCUT2D eigenvalue weighted by Crippen LogP contribution is -2.10. The second kappa shape index (κ2) is 3.85. The average Bonchev–Trinajstić information content (AvgIpc) is 2.03. The van der Waals surface area contributed by atoms with E-state index in [4.69, 9.17) is 10.8 Å². The Hall–Kier alpha value is -0.930. The molecular weight excluding hydrogens is 169 g/mol. The quantitative estimate of drug-likeness (QED) is 0.688. The summed E-state index contributed by atoms with van der Waals surface area (Å²) < 4.78 is 13.2. The summed E-state index contributed by atoms with van der Waals surface area (Å²) in [5.74, 6) is -0.167. The molecule has 1 aromatic carbocycles. The summed E-state index contributed by atoms with van der Waals surface area (Å²) in [5.41, 5.74) is 6.20. The van der Waals surface area contributed by atoms with Crippen LogP contribution in [0.15, 0.2) is 18.2 Å². The van der Waals surface area contributed by atoms with Crippen LogP contribution in [0, 0.1) is 5.82 Å². The molecule has 1 aromatic rings. The zero-order valence-corrected chi connectivity index (χ0v) is 7.79. The number of aliphatic hydroxyl groups is 1. The molecule has 0 aliphatic rings. The zero-order chi connectivity index (χ0) is 10.0. The minimum absolute atomic E-state index is 0.143. The first-order valence-electron chi connectivity index (χ1n) is 4.25. The predicted octanol–water partition coefficient (Wildman–Crippen LogP) is 1.90. The second-order valence-electron chi connectivity index (χ2n) is 3.38. The van der Waals surface area contributed by atoms with Crippen molar-refractivity contribution in [3.05, 3.63) is 35.1 Å². The Morgan fingerprint density at radius 3 is 2.38 bits per heavy atom. The van der Waals surface area contributed by atoms with Gasteiger partial charge in [0.1, 0.15) is 12.0 Å². The Morgan fingerprint density at radius 2 is 2.00 bits per heavy atom. The van der Waals surface area contributed by atoms with Crippen LogP contribution in [-0.2, 0) is 0 Å². The van der Waals surface area contributed by atoms with Crippen LogP contribution in [0.3, 0.4) is 0 Å². The molecule has 3 heteroatoms. The fourth-order valence-corrected chi connectivity index (χ4v) is 1.14. The molecule has 1 unspecified atom stereocenters. The highest BCUT2D eigenvalue weighted by Gasteiger charge is 2.09. The van der Waals surface area contributed by atoms with E-state index in [2.05, 4.69) is 0 Å². The second-order valence-corrected chi connectivity index (χ2v) is 3.38. The smallest absolute Gasteiger partial charge is 0.131 e. The van der Waals surface area contributed by atoms with Gasteiger partial charge in [-0.1, -0.05) is 26.0 Å². The number of benzene rings is 1. The Morgan fingerprint density at radius 1 is 1.38 bits per heavy atom. The Kier molecular flexibility index (Phi) is 3.01. The van der Waals surface area contributed by atoms with Crippen LogP contribution in [-0.4, -0.2) is 5.11 Å². The molecule has 0 aromatic heterocycles. The van der Waals surface area contributed by atoms with Crippen LogP contribution < -0.4 is 5.73 Å². The zero-order valence-electron chi connectivity index (χ0n) is 7.79. The third-order valence-electron chi connectivity index (χ3n) is 2.01. The minimum atomic E-state index is -1.23. The van der Waals surface area contributed by atoms with Crippen LogP contribution >= 0.6 is 0 Å². The number of rotatable bonds is 2. The maximum absolute atomic E-state index is 13.2. The largest absolute Gasteiger partial charge is 0.374 e. The lowest BCUT2D eigenvalue weighted by atomic mass is 10.0. The van der Waals surface area contributed by atoms with Crippen molar-refractivity contribution in [3.8, 4) is 0 Å². The van der Waals surface area contributed by atoms with Crippen molar-refractivity contribution < 1.29 is 9.50 Å². The van der Waals surface area contributed by atoms with E-state index in [9.17, 15) is 4.39 Å². The van der Waals surface area contributed by atoms with Gasteiger partial charge in [-0.05, 0) is 17.5 Å². The van der Waals surface area contributed by atoms with Crippen molar-refractivity contribution in [1.29, 1.82) is 0 Å². The van der Waals surface area contributed by atoms with Crippen molar-refractivity contribution >= 4 is 0 Å². The lowest BCUT2D eigenvalue weighted by molar-refractivity contribution is 0.181. The third-order valence-corrected chi connectivity index (χ3v) is 2.01. The summed E-state index contributed by atoms with van der Waals surface area (Å²) in [6.45, 7) is 3.96. The van der Waals surface area contributed by atoms with Crippen molar-refractivity contribution in [2.24, 2.45) is 5.73 Å². The molecule has 3 N–H and O–H groups in total. The van der Waals surface area contributed by atoms with Gasteiger partial charge in [-0.15, -0.1) is 0 Å². The van der Waals surface area contributed by atoms with Gasteiger partial charge >= 0.3 is 0 Å². The van der Waals surface area contributed by atoms with Crippen LogP contribution in [0.2, 0.25) is 0 Å². The molecule has 1 rings (SSSR count). The van der Waals surface area contributed by atoms with E-state index in [1.165, 1.54) is 12.1 Å². The maximum atomic E-state index is 13.2. The van der Waals surface area contributed by atoms with Crippen molar-refractivity contribution in [2.45, 2.75) is 26.0 Å². The monoisotopic (exact) mass is 183 g/mol. The van der Waals surface area contributed by atoms with Crippen LogP contribution in [0.1, 0.15) is 37.1 Å². The average molecular weight is 183 g/mol. The summed E-state index contributed by atoms with van der Waals surface area (Å²) in [6, 6.07) is 4.71. The highest BCUT2D eigenvalue weighted by atomic mass is 19.1. The van der Waals surface area contributed by atoms with Crippen molar-refractivity contribution in [2.75, 3.05) is 0 Å². The SMILES string of the molecule is CC(C)c1ccc(C(N)O)c(F)c1. The van der Waals surface area contributed by atoms with E-state index in [-0.39, 0.29) is 11.5 Å². The molecular formula is C10H14FNO. The molecule has 72 valence electrons. The van der Waals surface area contributed by atoms with Gasteiger partial charge in [0.15, 0.2) is 0 Å². The van der Waals surface area contributed by atoms with Gasteiger partial charge in [0.2, 0.25) is 0 Å². The molecule has 1 atom stereocenters. The van der Waals surface area contributed by atoms with Crippen LogP contribution in [0.4, 0.5) is 4.39 Å². The van der Waals surface area contributed by atoms with Gasteiger partial charge < -0.3 is 10.8 Å². The maximum Gasteiger partial charge on any atom is 0.131 e. The first kappa shape index (κ1) is 10.2. The van der Waals surface area contributed by atoms with Gasteiger partial charge in [-0.3, -0.25) is 0 Å². The molecule has 0 aliphatic carbocycles. The first-order valence-corrected chi connectivity index (χ1v) is 4.25. The van der Waals surface area contributed by atoms with E-state index < -0.39 is 12.0 Å². The van der Waals surface area contributed by atoms with E-state index >= 15 is 0 Å². The molecule has 0 fully saturated rings. The molecule has 2 nitrogen and oxygen atoms in total. The first-order chi connectivity index (χ1) is 6.02. The molecule has 0 saturated heterocycles. The van der Waals surface area contributed by atoms with E-state index in [0.29, 0.717) is 0 Å². The Labute approximate surface area is 77.2 Å². The van der Waals surface area contributed by atoms with E-state index in [1.54, 1.807) is 6.07 Å². The molecule has 0 bridgehead atoms. The topological polar surface area (TPSA) is 46.2 Å². The molecule has 0 heterocycles. The van der Waals surface area contributed by atoms with Crippen LogP contribution in [0.5, 0.6) is 0 Å². The lowest BCUT2D eigenvalue weighted by Gasteiger charge is -2.10. The van der Waals surface area contributed by atoms with Gasteiger partial charge in [-0.2, -0.15) is 0 Å². The van der Waals surface area contributed by atoms with Crippen molar-refractivity contribution in [1.82, 2.24) is 0 Å².